The number of likely N-dealkylation sites (tertiary alicyclic amines) is 1. The SMILES string of the molecule is C[C@@H]1CN(C(=O)C2CNC2)C[C@H]1C(=O)O. The summed E-state index contributed by atoms with van der Waals surface area (Å²) in [5.74, 6) is -0.917. The summed E-state index contributed by atoms with van der Waals surface area (Å²) in [5.41, 5.74) is 0. The van der Waals surface area contributed by atoms with Crippen LogP contribution in [0.4, 0.5) is 0 Å². The van der Waals surface area contributed by atoms with E-state index in [1.165, 1.54) is 0 Å². The summed E-state index contributed by atoms with van der Waals surface area (Å²) in [6.07, 6.45) is 0. The molecule has 0 aromatic rings. The summed E-state index contributed by atoms with van der Waals surface area (Å²) in [5, 5.41) is 12.0. The van der Waals surface area contributed by atoms with Crippen molar-refractivity contribution in [2.75, 3.05) is 26.2 Å². The fraction of sp³-hybridized carbons (Fsp3) is 0.800. The van der Waals surface area contributed by atoms with Crippen molar-refractivity contribution in [1.82, 2.24) is 10.2 Å². The topological polar surface area (TPSA) is 69.6 Å². The van der Waals surface area contributed by atoms with E-state index in [0.29, 0.717) is 13.1 Å². The number of carbonyl (C=O) groups is 2. The number of amides is 1. The summed E-state index contributed by atoms with van der Waals surface area (Å²) in [6, 6.07) is 0. The van der Waals surface area contributed by atoms with E-state index < -0.39 is 5.97 Å². The average molecular weight is 212 g/mol. The Morgan fingerprint density at radius 2 is 2.00 bits per heavy atom. The second kappa shape index (κ2) is 3.81. The first-order chi connectivity index (χ1) is 7.09. The molecule has 0 saturated carbocycles. The Bertz CT molecular complexity index is 288. The molecule has 0 spiro atoms. The predicted molar refractivity (Wildman–Crippen MR) is 53.2 cm³/mol. The van der Waals surface area contributed by atoms with Gasteiger partial charge in [-0.05, 0) is 5.92 Å². The van der Waals surface area contributed by atoms with Crippen molar-refractivity contribution in [3.63, 3.8) is 0 Å². The molecule has 1 amide bonds. The molecule has 2 fully saturated rings. The van der Waals surface area contributed by atoms with Crippen LogP contribution >= 0.6 is 0 Å². The minimum Gasteiger partial charge on any atom is -0.481 e. The van der Waals surface area contributed by atoms with Crippen LogP contribution in [0.3, 0.4) is 0 Å². The number of nitrogens with one attached hydrogen (secondary N) is 1. The van der Waals surface area contributed by atoms with Crippen LogP contribution in [0.25, 0.3) is 0 Å². The van der Waals surface area contributed by atoms with Crippen LogP contribution in [0.1, 0.15) is 6.92 Å². The van der Waals surface area contributed by atoms with Gasteiger partial charge in [0.25, 0.3) is 0 Å². The molecule has 84 valence electrons. The molecule has 2 N–H and O–H groups in total. The van der Waals surface area contributed by atoms with E-state index in [4.69, 9.17) is 5.11 Å². The van der Waals surface area contributed by atoms with E-state index in [9.17, 15) is 9.59 Å². The largest absolute Gasteiger partial charge is 0.481 e. The van der Waals surface area contributed by atoms with Gasteiger partial charge in [-0.2, -0.15) is 0 Å². The summed E-state index contributed by atoms with van der Waals surface area (Å²) >= 11 is 0. The highest BCUT2D eigenvalue weighted by atomic mass is 16.4. The molecule has 5 nitrogen and oxygen atoms in total. The first kappa shape index (κ1) is 10.4. The lowest BCUT2D eigenvalue weighted by atomic mass is 9.99. The zero-order valence-electron chi connectivity index (χ0n) is 8.77. The summed E-state index contributed by atoms with van der Waals surface area (Å²) < 4.78 is 0. The van der Waals surface area contributed by atoms with Crippen LogP contribution in [0.2, 0.25) is 0 Å². The lowest BCUT2D eigenvalue weighted by Crippen LogP contribution is -2.51. The number of hydrogen-bond donors (Lipinski definition) is 2. The Morgan fingerprint density at radius 3 is 2.40 bits per heavy atom. The average Bonchev–Trinajstić information content (AvgIpc) is 2.44. The fourth-order valence-electron chi connectivity index (χ4n) is 2.19. The van der Waals surface area contributed by atoms with Gasteiger partial charge in [0.05, 0.1) is 11.8 Å². The molecule has 0 radical (unpaired) electrons. The molecule has 0 aromatic carbocycles. The van der Waals surface area contributed by atoms with Crippen molar-refractivity contribution in [3.05, 3.63) is 0 Å². The minimum atomic E-state index is -0.787. The molecule has 2 heterocycles. The van der Waals surface area contributed by atoms with Crippen molar-refractivity contribution in [1.29, 1.82) is 0 Å². The fourth-order valence-corrected chi connectivity index (χ4v) is 2.19. The van der Waals surface area contributed by atoms with E-state index in [-0.39, 0.29) is 23.7 Å². The Balaban J connectivity index is 1.95. The number of hydrogen-bond acceptors (Lipinski definition) is 3. The Morgan fingerprint density at radius 1 is 1.33 bits per heavy atom. The molecule has 2 atom stereocenters. The number of carboxylic acid groups (broad SMARTS) is 1. The highest BCUT2D eigenvalue weighted by molar-refractivity contribution is 5.82. The van der Waals surface area contributed by atoms with E-state index in [0.717, 1.165) is 13.1 Å². The van der Waals surface area contributed by atoms with Crippen LogP contribution in [0.15, 0.2) is 0 Å². The van der Waals surface area contributed by atoms with Crippen LogP contribution in [-0.4, -0.2) is 48.1 Å². The maximum absolute atomic E-state index is 11.8. The Labute approximate surface area is 88.4 Å². The van der Waals surface area contributed by atoms with Gasteiger partial charge >= 0.3 is 5.97 Å². The molecule has 0 aromatic heterocycles. The Kier molecular flexibility index (Phi) is 2.65. The van der Waals surface area contributed by atoms with Crippen molar-refractivity contribution in [2.45, 2.75) is 6.92 Å². The highest BCUT2D eigenvalue weighted by Crippen LogP contribution is 2.25. The molecule has 2 aliphatic rings. The molecule has 2 aliphatic heterocycles. The van der Waals surface area contributed by atoms with E-state index in [2.05, 4.69) is 5.32 Å². The first-order valence-electron chi connectivity index (χ1n) is 5.32. The number of rotatable bonds is 2. The van der Waals surface area contributed by atoms with E-state index >= 15 is 0 Å². The molecule has 5 heteroatoms. The smallest absolute Gasteiger partial charge is 0.308 e. The molecule has 15 heavy (non-hydrogen) atoms. The number of carboxylic acids is 1. The zero-order valence-corrected chi connectivity index (χ0v) is 8.77. The maximum atomic E-state index is 11.8. The van der Waals surface area contributed by atoms with Gasteiger partial charge in [0.15, 0.2) is 0 Å². The lowest BCUT2D eigenvalue weighted by Gasteiger charge is -2.30. The van der Waals surface area contributed by atoms with Crippen molar-refractivity contribution >= 4 is 11.9 Å². The maximum Gasteiger partial charge on any atom is 0.308 e. The molecule has 0 bridgehead atoms. The van der Waals surface area contributed by atoms with Gasteiger partial charge in [0.1, 0.15) is 0 Å². The highest BCUT2D eigenvalue weighted by Gasteiger charge is 2.39. The molecular formula is C10H16N2O3. The third-order valence-electron chi connectivity index (χ3n) is 3.37. The van der Waals surface area contributed by atoms with Gasteiger partial charge in [-0.3, -0.25) is 9.59 Å². The van der Waals surface area contributed by atoms with Crippen molar-refractivity contribution in [3.8, 4) is 0 Å². The monoisotopic (exact) mass is 212 g/mol. The molecular weight excluding hydrogens is 196 g/mol. The molecule has 0 aliphatic carbocycles. The van der Waals surface area contributed by atoms with Crippen LogP contribution in [0, 0.1) is 17.8 Å². The quantitative estimate of drug-likeness (QED) is 0.640. The second-order valence-corrected chi connectivity index (χ2v) is 4.52. The lowest BCUT2D eigenvalue weighted by molar-refractivity contribution is -0.142. The third-order valence-corrected chi connectivity index (χ3v) is 3.37. The van der Waals surface area contributed by atoms with Crippen molar-refractivity contribution < 1.29 is 14.7 Å². The zero-order chi connectivity index (χ0) is 11.0. The van der Waals surface area contributed by atoms with Gasteiger partial charge < -0.3 is 15.3 Å². The summed E-state index contributed by atoms with van der Waals surface area (Å²) in [4.78, 5) is 24.4. The normalized spacial score (nSPS) is 31.4. The standard InChI is InChI=1S/C10H16N2O3/c1-6-4-12(5-8(6)10(14)15)9(13)7-2-11-3-7/h6-8,11H,2-5H2,1H3,(H,14,15)/t6-,8-/m1/s1. The second-order valence-electron chi connectivity index (χ2n) is 4.52. The number of carbonyl (C=O) groups excluding carboxylic acids is 1. The summed E-state index contributed by atoms with van der Waals surface area (Å²) in [7, 11) is 0. The molecule has 0 unspecified atom stereocenters. The van der Waals surface area contributed by atoms with Gasteiger partial charge in [-0.15, -0.1) is 0 Å². The minimum absolute atomic E-state index is 0.0690. The van der Waals surface area contributed by atoms with Gasteiger partial charge in [0.2, 0.25) is 5.91 Å². The first-order valence-corrected chi connectivity index (χ1v) is 5.32. The van der Waals surface area contributed by atoms with E-state index in [1.54, 1.807) is 4.90 Å². The van der Waals surface area contributed by atoms with Gasteiger partial charge in [-0.25, -0.2) is 0 Å². The van der Waals surface area contributed by atoms with Crippen LogP contribution in [0.5, 0.6) is 0 Å². The Hall–Kier alpha value is -1.10. The summed E-state index contributed by atoms with van der Waals surface area (Å²) in [6.45, 7) is 4.34. The van der Waals surface area contributed by atoms with Crippen LogP contribution < -0.4 is 5.32 Å². The van der Waals surface area contributed by atoms with Gasteiger partial charge in [-0.1, -0.05) is 6.92 Å². The molecule has 2 saturated heterocycles. The van der Waals surface area contributed by atoms with Gasteiger partial charge in [0, 0.05) is 26.2 Å². The third kappa shape index (κ3) is 1.84. The molecule has 2 rings (SSSR count). The predicted octanol–water partition coefficient (Wildman–Crippen LogP) is -0.615. The number of aliphatic carboxylic acids is 1. The van der Waals surface area contributed by atoms with Crippen LogP contribution in [-0.2, 0) is 9.59 Å². The van der Waals surface area contributed by atoms with E-state index in [1.807, 2.05) is 6.92 Å². The number of nitrogens with zero attached hydrogens (tertiary/aromatic N) is 1. The van der Waals surface area contributed by atoms with Crippen molar-refractivity contribution in [2.24, 2.45) is 17.8 Å².